The molecule has 0 aliphatic carbocycles. The monoisotopic (exact) mass is 444 g/mol. The lowest BCUT2D eigenvalue weighted by atomic mass is 9.93. The van der Waals surface area contributed by atoms with E-state index in [1.807, 2.05) is 16.6 Å². The highest BCUT2D eigenvalue weighted by atomic mass is 32.2. The molecular formula is C22H32N6O2S. The Bertz CT molecular complexity index is 1200. The van der Waals surface area contributed by atoms with Gasteiger partial charge in [0.15, 0.2) is 5.65 Å². The molecule has 1 aliphatic rings. The summed E-state index contributed by atoms with van der Waals surface area (Å²) in [6.07, 6.45) is 4.98. The summed E-state index contributed by atoms with van der Waals surface area (Å²) in [6.45, 7) is 13.4. The number of hydrogen-bond acceptors (Lipinski definition) is 5. The molecule has 1 saturated heterocycles. The fourth-order valence-corrected chi connectivity index (χ4v) is 6.04. The van der Waals surface area contributed by atoms with Gasteiger partial charge in [-0.05, 0) is 31.7 Å². The maximum atomic E-state index is 13.7. The molecule has 168 valence electrons. The molecule has 1 atom stereocenters. The normalized spacial score (nSPS) is 18.5. The predicted octanol–water partition coefficient (Wildman–Crippen LogP) is 3.71. The van der Waals surface area contributed by atoms with Gasteiger partial charge in [-0.3, -0.25) is 4.68 Å². The van der Waals surface area contributed by atoms with Gasteiger partial charge in [0.25, 0.3) is 0 Å². The number of aryl methyl sites for hydroxylation is 1. The summed E-state index contributed by atoms with van der Waals surface area (Å²) in [4.78, 5) is 4.75. The highest BCUT2D eigenvalue weighted by Crippen LogP contribution is 2.37. The lowest BCUT2D eigenvalue weighted by Gasteiger charge is -2.24. The molecule has 0 radical (unpaired) electrons. The van der Waals surface area contributed by atoms with Gasteiger partial charge in [-0.15, -0.1) is 0 Å². The van der Waals surface area contributed by atoms with E-state index in [4.69, 9.17) is 5.10 Å². The molecule has 4 rings (SSSR count). The molecule has 0 amide bonds. The van der Waals surface area contributed by atoms with E-state index in [1.54, 1.807) is 28.3 Å². The average molecular weight is 445 g/mol. The van der Waals surface area contributed by atoms with Crippen LogP contribution in [0.1, 0.15) is 70.6 Å². The highest BCUT2D eigenvalue weighted by molar-refractivity contribution is 7.89. The van der Waals surface area contributed by atoms with E-state index in [9.17, 15) is 8.42 Å². The minimum absolute atomic E-state index is 0.117. The molecule has 9 heteroatoms. The first kappa shape index (κ1) is 22.0. The van der Waals surface area contributed by atoms with Gasteiger partial charge >= 0.3 is 0 Å². The molecule has 0 unspecified atom stereocenters. The van der Waals surface area contributed by atoms with Crippen molar-refractivity contribution in [3.05, 3.63) is 41.6 Å². The quantitative estimate of drug-likeness (QED) is 0.599. The van der Waals surface area contributed by atoms with E-state index in [0.717, 1.165) is 29.9 Å². The van der Waals surface area contributed by atoms with Crippen LogP contribution in [-0.2, 0) is 22.0 Å². The van der Waals surface area contributed by atoms with Crippen molar-refractivity contribution >= 4 is 15.7 Å². The summed E-state index contributed by atoms with van der Waals surface area (Å²) in [6, 6.07) is 3.59. The first-order valence-corrected chi connectivity index (χ1v) is 12.3. The molecule has 31 heavy (non-hydrogen) atoms. The fraction of sp³-hybridized carbons (Fsp3) is 0.591. The number of rotatable bonds is 5. The van der Waals surface area contributed by atoms with E-state index in [0.29, 0.717) is 29.6 Å². The summed E-state index contributed by atoms with van der Waals surface area (Å²) in [5.41, 5.74) is 2.96. The molecule has 1 aliphatic heterocycles. The zero-order valence-corrected chi connectivity index (χ0v) is 20.0. The van der Waals surface area contributed by atoms with E-state index in [-0.39, 0.29) is 11.5 Å². The van der Waals surface area contributed by atoms with Gasteiger partial charge in [0.05, 0.1) is 23.1 Å². The molecule has 0 bridgehead atoms. The van der Waals surface area contributed by atoms with Crippen molar-refractivity contribution in [2.24, 2.45) is 5.92 Å². The zero-order valence-electron chi connectivity index (χ0n) is 19.2. The van der Waals surface area contributed by atoms with Crippen LogP contribution >= 0.6 is 0 Å². The van der Waals surface area contributed by atoms with Gasteiger partial charge in [-0.2, -0.15) is 14.5 Å². The molecule has 3 aromatic heterocycles. The maximum absolute atomic E-state index is 13.7. The predicted molar refractivity (Wildman–Crippen MR) is 119 cm³/mol. The van der Waals surface area contributed by atoms with Crippen molar-refractivity contribution in [1.82, 2.24) is 28.7 Å². The number of aromatic nitrogens is 5. The summed E-state index contributed by atoms with van der Waals surface area (Å²) < 4.78 is 32.5. The molecule has 4 heterocycles. The Morgan fingerprint density at radius 3 is 2.65 bits per heavy atom. The van der Waals surface area contributed by atoms with Gasteiger partial charge in [0.1, 0.15) is 4.90 Å². The first-order chi connectivity index (χ1) is 14.5. The summed E-state index contributed by atoms with van der Waals surface area (Å²) in [7, 11) is -3.68. The van der Waals surface area contributed by atoms with E-state index < -0.39 is 10.0 Å². The van der Waals surface area contributed by atoms with Gasteiger partial charge in [-0.1, -0.05) is 34.6 Å². The largest absolute Gasteiger partial charge is 0.271 e. The van der Waals surface area contributed by atoms with Crippen molar-refractivity contribution in [3.8, 4) is 0 Å². The van der Waals surface area contributed by atoms with Crippen LogP contribution in [0.3, 0.4) is 0 Å². The van der Waals surface area contributed by atoms with Gasteiger partial charge in [0.2, 0.25) is 10.0 Å². The van der Waals surface area contributed by atoms with Crippen molar-refractivity contribution < 1.29 is 8.42 Å². The minimum Gasteiger partial charge on any atom is -0.271 e. The summed E-state index contributed by atoms with van der Waals surface area (Å²) in [5.74, 6) is 0.385. The third-order valence-corrected chi connectivity index (χ3v) is 7.75. The van der Waals surface area contributed by atoms with Crippen LogP contribution in [0.4, 0.5) is 0 Å². The molecule has 1 fully saturated rings. The van der Waals surface area contributed by atoms with Crippen molar-refractivity contribution in [2.75, 3.05) is 6.54 Å². The van der Waals surface area contributed by atoms with Crippen molar-refractivity contribution in [3.63, 3.8) is 0 Å². The Labute approximate surface area is 184 Å². The zero-order chi connectivity index (χ0) is 22.6. The molecule has 3 aromatic rings. The highest BCUT2D eigenvalue weighted by Gasteiger charge is 2.39. The number of fused-ring (bicyclic) bond motifs is 1. The van der Waals surface area contributed by atoms with Crippen LogP contribution in [0.15, 0.2) is 29.4 Å². The summed E-state index contributed by atoms with van der Waals surface area (Å²) in [5, 5.41) is 9.24. The van der Waals surface area contributed by atoms with Gasteiger partial charge in [-0.25, -0.2) is 17.9 Å². The number of hydrogen-bond donors (Lipinski definition) is 0. The lowest BCUT2D eigenvalue weighted by molar-refractivity contribution is 0.384. The van der Waals surface area contributed by atoms with Crippen molar-refractivity contribution in [1.29, 1.82) is 0 Å². The van der Waals surface area contributed by atoms with Crippen LogP contribution < -0.4 is 0 Å². The molecule has 0 N–H and O–H groups in total. The number of sulfonamides is 1. The van der Waals surface area contributed by atoms with Gasteiger partial charge in [0, 0.05) is 37.0 Å². The van der Waals surface area contributed by atoms with Crippen LogP contribution in [0.25, 0.3) is 5.65 Å². The average Bonchev–Trinajstić information content (AvgIpc) is 3.37. The minimum atomic E-state index is -3.68. The lowest BCUT2D eigenvalue weighted by Crippen LogP contribution is -2.32. The molecule has 8 nitrogen and oxygen atoms in total. The fourth-order valence-electron chi connectivity index (χ4n) is 4.20. The Kier molecular flexibility index (Phi) is 5.46. The second kappa shape index (κ2) is 7.70. The third-order valence-electron chi connectivity index (χ3n) is 5.74. The first-order valence-electron chi connectivity index (χ1n) is 10.9. The Morgan fingerprint density at radius 1 is 1.23 bits per heavy atom. The molecule has 0 aromatic carbocycles. The Balaban J connectivity index is 1.75. The van der Waals surface area contributed by atoms with Crippen LogP contribution in [0, 0.1) is 12.8 Å². The second-order valence-corrected chi connectivity index (χ2v) is 11.7. The van der Waals surface area contributed by atoms with Crippen LogP contribution in [-0.4, -0.2) is 43.6 Å². The van der Waals surface area contributed by atoms with Crippen LogP contribution in [0.5, 0.6) is 0 Å². The topological polar surface area (TPSA) is 85.4 Å². The van der Waals surface area contributed by atoms with E-state index in [2.05, 4.69) is 44.7 Å². The van der Waals surface area contributed by atoms with Gasteiger partial charge < -0.3 is 0 Å². The second-order valence-electron chi connectivity index (χ2n) is 9.89. The van der Waals surface area contributed by atoms with Crippen molar-refractivity contribution in [2.45, 2.75) is 77.3 Å². The Morgan fingerprint density at radius 2 is 1.97 bits per heavy atom. The van der Waals surface area contributed by atoms with Crippen LogP contribution in [0.2, 0.25) is 0 Å². The SMILES string of the molecule is Cc1nn(CC(C)C)cc1S(=O)(=O)N1CCC[C@@H]1c1ccnc2cc(C(C)(C)C)nn12. The maximum Gasteiger partial charge on any atom is 0.247 e. The summed E-state index contributed by atoms with van der Waals surface area (Å²) >= 11 is 0. The molecule has 0 spiro atoms. The smallest absolute Gasteiger partial charge is 0.247 e. The standard InChI is InChI=1S/C22H32N6O2S/c1-15(2)13-26-14-19(16(3)24-26)31(29,30)27-11-7-8-17(27)18-9-10-23-21-12-20(22(4,5)6)25-28(18)21/h9-10,12,14-15,17H,7-8,11,13H2,1-6H3/t17-/m1/s1. The molecular weight excluding hydrogens is 412 g/mol. The third kappa shape index (κ3) is 4.01. The molecule has 0 saturated carbocycles. The Hall–Kier alpha value is -2.26. The van der Waals surface area contributed by atoms with E-state index in [1.165, 1.54) is 0 Å². The van der Waals surface area contributed by atoms with E-state index >= 15 is 0 Å². The number of nitrogens with zero attached hydrogens (tertiary/aromatic N) is 6.